The zero-order chi connectivity index (χ0) is 27.5. The summed E-state index contributed by atoms with van der Waals surface area (Å²) in [6.45, 7) is 2.20. The Labute approximate surface area is 239 Å². The summed E-state index contributed by atoms with van der Waals surface area (Å²) in [5, 5.41) is 5.21. The minimum atomic E-state index is 1.11. The summed E-state index contributed by atoms with van der Waals surface area (Å²) in [7, 11) is 2.18. The number of benzene rings is 6. The van der Waals surface area contributed by atoms with Crippen LogP contribution in [0.1, 0.15) is 16.7 Å². The van der Waals surface area contributed by atoms with Crippen molar-refractivity contribution in [3.8, 4) is 16.8 Å². The lowest BCUT2D eigenvalue weighted by Gasteiger charge is -2.09. The van der Waals surface area contributed by atoms with E-state index in [1.165, 1.54) is 77.1 Å². The van der Waals surface area contributed by atoms with Crippen LogP contribution >= 0.6 is 0 Å². The molecule has 0 saturated heterocycles. The average Bonchev–Trinajstić information content (AvgIpc) is 3.67. The van der Waals surface area contributed by atoms with Crippen LogP contribution in [0.25, 0.3) is 60.4 Å². The van der Waals surface area contributed by atoms with Gasteiger partial charge in [0.05, 0.1) is 16.6 Å². The number of para-hydroxylation sites is 3. The van der Waals surface area contributed by atoms with Gasteiger partial charge in [0.1, 0.15) is 0 Å². The van der Waals surface area contributed by atoms with Gasteiger partial charge < -0.3 is 9.13 Å². The van der Waals surface area contributed by atoms with Crippen LogP contribution in [0.4, 0.5) is 0 Å². The van der Waals surface area contributed by atoms with Gasteiger partial charge >= 0.3 is 0 Å². The van der Waals surface area contributed by atoms with E-state index in [4.69, 9.17) is 0 Å². The van der Waals surface area contributed by atoms with Gasteiger partial charge in [-0.15, -0.1) is 0 Å². The van der Waals surface area contributed by atoms with Crippen LogP contribution in [0, 0.1) is 6.92 Å². The number of fused-ring (bicyclic) bond motifs is 10. The largest absolute Gasteiger partial charge is 0.342 e. The molecule has 9 rings (SSSR count). The Kier molecular flexibility index (Phi) is 5.36. The van der Waals surface area contributed by atoms with Crippen LogP contribution in [0.15, 0.2) is 133 Å². The van der Waals surface area contributed by atoms with Crippen LogP contribution in [-0.2, 0) is 13.5 Å². The first-order valence-electron chi connectivity index (χ1n) is 14.3. The molecule has 0 N–H and O–H groups in total. The second kappa shape index (κ2) is 9.25. The predicted octanol–water partition coefficient (Wildman–Crippen LogP) is 9.99. The maximum absolute atomic E-state index is 2.41. The van der Waals surface area contributed by atoms with E-state index in [2.05, 4.69) is 157 Å². The lowest BCUT2D eigenvalue weighted by Crippen LogP contribution is -1.96. The summed E-state index contributed by atoms with van der Waals surface area (Å²) in [4.78, 5) is 0. The molecule has 0 atom stereocenters. The summed E-state index contributed by atoms with van der Waals surface area (Å²) < 4.78 is 4.75. The monoisotopic (exact) mass is 526 g/mol. The lowest BCUT2D eigenvalue weighted by molar-refractivity contribution is 1.01. The zero-order valence-corrected chi connectivity index (χ0v) is 23.3. The van der Waals surface area contributed by atoms with Crippen molar-refractivity contribution < 1.29 is 0 Å². The van der Waals surface area contributed by atoms with Crippen LogP contribution in [0.2, 0.25) is 0 Å². The van der Waals surface area contributed by atoms with Crippen molar-refractivity contribution in [2.24, 2.45) is 7.05 Å². The van der Waals surface area contributed by atoms with E-state index in [0.717, 1.165) is 6.42 Å². The number of aromatic nitrogens is 2. The Bertz CT molecular complexity index is 2250. The number of hydrogen-bond acceptors (Lipinski definition) is 0. The maximum atomic E-state index is 2.41. The van der Waals surface area contributed by atoms with Gasteiger partial charge in [-0.2, -0.15) is 0 Å². The first kappa shape index (κ1) is 23.8. The maximum Gasteiger partial charge on any atom is 0.0785 e. The van der Waals surface area contributed by atoms with Crippen molar-refractivity contribution >= 4 is 43.6 Å². The van der Waals surface area contributed by atoms with Crippen LogP contribution in [0.3, 0.4) is 0 Å². The summed E-state index contributed by atoms with van der Waals surface area (Å²) in [6, 6.07) is 47.9. The van der Waals surface area contributed by atoms with Gasteiger partial charge in [0, 0.05) is 39.8 Å². The minimum Gasteiger partial charge on any atom is -0.342 e. The molecule has 0 fully saturated rings. The molecule has 0 unspecified atom stereocenters. The van der Waals surface area contributed by atoms with Gasteiger partial charge in [-0.05, 0) is 65.4 Å². The molecule has 0 saturated carbocycles. The molecule has 2 heterocycles. The van der Waals surface area contributed by atoms with Gasteiger partial charge in [-0.3, -0.25) is 0 Å². The minimum absolute atomic E-state index is 1.11. The molecule has 0 bridgehead atoms. The predicted molar refractivity (Wildman–Crippen MR) is 174 cm³/mol. The molecule has 41 heavy (non-hydrogen) atoms. The van der Waals surface area contributed by atoms with Crippen LogP contribution < -0.4 is 0 Å². The van der Waals surface area contributed by atoms with Gasteiger partial charge in [-0.25, -0.2) is 0 Å². The molecule has 0 radical (unpaired) electrons. The quantitative estimate of drug-likeness (QED) is 0.201. The van der Waals surface area contributed by atoms with Gasteiger partial charge in [0.2, 0.25) is 0 Å². The van der Waals surface area contributed by atoms with Gasteiger partial charge in [0.15, 0.2) is 0 Å². The van der Waals surface area contributed by atoms with Crippen molar-refractivity contribution in [3.63, 3.8) is 0 Å². The zero-order valence-electron chi connectivity index (χ0n) is 23.3. The molecule has 1 aliphatic rings. The number of hydrogen-bond donors (Lipinski definition) is 0. The molecular formula is C39H30N2. The third kappa shape index (κ3) is 3.57. The molecule has 1 aliphatic carbocycles. The van der Waals surface area contributed by atoms with Gasteiger partial charge in [-0.1, -0.05) is 109 Å². The topological polar surface area (TPSA) is 9.86 Å². The van der Waals surface area contributed by atoms with E-state index >= 15 is 0 Å². The molecule has 196 valence electrons. The molecule has 2 heteroatoms. The Hall–Kier alpha value is -5.08. The fraction of sp³-hybridized carbons (Fsp3) is 0.0769. The van der Waals surface area contributed by atoms with E-state index in [-0.39, 0.29) is 0 Å². The van der Waals surface area contributed by atoms with Crippen molar-refractivity contribution in [3.05, 3.63) is 150 Å². The summed E-state index contributed by atoms with van der Waals surface area (Å²) in [6.07, 6.45) is 1.11. The second-order valence-corrected chi connectivity index (χ2v) is 11.1. The third-order valence-corrected chi connectivity index (χ3v) is 8.80. The Balaban J connectivity index is 0.000000154. The Morgan fingerprint density at radius 2 is 1.10 bits per heavy atom. The summed E-state index contributed by atoms with van der Waals surface area (Å²) in [5.74, 6) is 0. The van der Waals surface area contributed by atoms with Crippen molar-refractivity contribution in [2.45, 2.75) is 13.3 Å². The molecule has 0 spiro atoms. The SMILES string of the molecule is Cc1cccc2c1Cc1ccccc1-2.Cn1c2ccccc2c2ccc3c4ccccc4n(-c4ccccc4)c3c21. The van der Waals surface area contributed by atoms with Crippen molar-refractivity contribution in [1.82, 2.24) is 9.13 Å². The fourth-order valence-electron chi connectivity index (χ4n) is 6.87. The van der Waals surface area contributed by atoms with Crippen molar-refractivity contribution in [1.29, 1.82) is 0 Å². The lowest BCUT2D eigenvalue weighted by atomic mass is 10.0. The van der Waals surface area contributed by atoms with Crippen molar-refractivity contribution in [2.75, 3.05) is 0 Å². The third-order valence-electron chi connectivity index (χ3n) is 8.80. The van der Waals surface area contributed by atoms with E-state index < -0.39 is 0 Å². The molecular weight excluding hydrogens is 496 g/mol. The normalized spacial score (nSPS) is 12.0. The van der Waals surface area contributed by atoms with E-state index in [1.807, 2.05) is 0 Å². The first-order valence-corrected chi connectivity index (χ1v) is 14.3. The van der Waals surface area contributed by atoms with Gasteiger partial charge in [0.25, 0.3) is 0 Å². The van der Waals surface area contributed by atoms with E-state index in [0.29, 0.717) is 0 Å². The Morgan fingerprint density at radius 3 is 1.90 bits per heavy atom. The molecule has 8 aromatic rings. The highest BCUT2D eigenvalue weighted by atomic mass is 15.0. The second-order valence-electron chi connectivity index (χ2n) is 11.1. The van der Waals surface area contributed by atoms with Crippen LogP contribution in [-0.4, -0.2) is 9.13 Å². The smallest absolute Gasteiger partial charge is 0.0785 e. The highest BCUT2D eigenvalue weighted by Crippen LogP contribution is 2.40. The molecule has 2 nitrogen and oxygen atoms in total. The van der Waals surface area contributed by atoms with Crippen LogP contribution in [0.5, 0.6) is 0 Å². The highest BCUT2D eigenvalue weighted by molar-refractivity contribution is 6.23. The fourth-order valence-corrected chi connectivity index (χ4v) is 6.87. The number of nitrogens with zero attached hydrogens (tertiary/aromatic N) is 2. The number of aryl methyl sites for hydroxylation is 2. The summed E-state index contributed by atoms with van der Waals surface area (Å²) in [5.41, 5.74) is 13.5. The highest BCUT2D eigenvalue weighted by Gasteiger charge is 2.19. The Morgan fingerprint density at radius 1 is 0.488 bits per heavy atom. The molecule has 6 aromatic carbocycles. The first-order chi connectivity index (χ1) is 20.2. The summed E-state index contributed by atoms with van der Waals surface area (Å²) >= 11 is 0. The standard InChI is InChI=1S/C25H18N2.C14H12/c1-26-22-13-7-5-11-18(22)20-15-16-21-19-12-6-8-14-23(19)27(25(21)24(20)26)17-9-3-2-4-10-17;1-10-5-4-8-13-12-7-3-2-6-11(12)9-14(10)13/h2-16H,1H3;2-8H,9H2,1H3. The number of rotatable bonds is 1. The van der Waals surface area contributed by atoms with E-state index in [9.17, 15) is 0 Å². The molecule has 2 aromatic heterocycles. The average molecular weight is 527 g/mol. The molecule has 0 amide bonds. The molecule has 0 aliphatic heterocycles. The van der Waals surface area contributed by atoms with E-state index in [1.54, 1.807) is 0 Å².